The van der Waals surface area contributed by atoms with E-state index in [1.807, 2.05) is 0 Å². The summed E-state index contributed by atoms with van der Waals surface area (Å²) in [6.45, 7) is 6.55. The van der Waals surface area contributed by atoms with Crippen molar-refractivity contribution < 1.29 is 28.6 Å². The molecular formula is C60H110O6. The highest BCUT2D eigenvalue weighted by atomic mass is 16.6. The van der Waals surface area contributed by atoms with Crippen LogP contribution >= 0.6 is 0 Å². The molecule has 0 aromatic rings. The molecule has 1 unspecified atom stereocenters. The highest BCUT2D eigenvalue weighted by Gasteiger charge is 2.19. The van der Waals surface area contributed by atoms with E-state index in [9.17, 15) is 14.4 Å². The largest absolute Gasteiger partial charge is 0.462 e. The zero-order chi connectivity index (χ0) is 47.9. The zero-order valence-electron chi connectivity index (χ0n) is 44.2. The lowest BCUT2D eigenvalue weighted by molar-refractivity contribution is -0.167. The molecule has 0 saturated heterocycles. The minimum atomic E-state index is -0.778. The molecule has 0 heterocycles. The first-order chi connectivity index (χ1) is 32.5. The van der Waals surface area contributed by atoms with Gasteiger partial charge < -0.3 is 14.2 Å². The highest BCUT2D eigenvalue weighted by molar-refractivity contribution is 5.71. The molecule has 6 heteroatoms. The second-order valence-corrected chi connectivity index (χ2v) is 19.5. The Hall–Kier alpha value is -2.37. The van der Waals surface area contributed by atoms with Gasteiger partial charge in [0.15, 0.2) is 6.10 Å². The molecule has 6 nitrogen and oxygen atoms in total. The van der Waals surface area contributed by atoms with Crippen molar-refractivity contribution in [1.82, 2.24) is 0 Å². The standard InChI is InChI=1S/C60H110O6/c1-4-7-10-13-16-19-22-25-27-29-31-33-35-38-41-44-47-50-53-59(62)65-56-57(55-64-58(61)52-49-46-43-40-37-24-21-18-15-12-9-6-3)66-60(63)54-51-48-45-42-39-36-34-32-30-28-26-23-20-17-14-11-8-5-2/h9,12,18,21,31,33,57H,4-8,10-11,13-17,19-20,22-30,32,34-56H2,1-3H3/b12-9-,21-18-,33-31-. The fourth-order valence-corrected chi connectivity index (χ4v) is 8.54. The van der Waals surface area contributed by atoms with Gasteiger partial charge in [0, 0.05) is 19.3 Å². The van der Waals surface area contributed by atoms with E-state index in [4.69, 9.17) is 14.2 Å². The molecule has 0 aliphatic rings. The van der Waals surface area contributed by atoms with Gasteiger partial charge in [-0.1, -0.05) is 256 Å². The third-order valence-electron chi connectivity index (χ3n) is 12.9. The number of ether oxygens (including phenoxy) is 3. The van der Waals surface area contributed by atoms with E-state index in [1.165, 1.54) is 180 Å². The van der Waals surface area contributed by atoms with Gasteiger partial charge in [-0.3, -0.25) is 14.4 Å². The summed E-state index contributed by atoms with van der Waals surface area (Å²) < 4.78 is 16.9. The smallest absolute Gasteiger partial charge is 0.306 e. The molecule has 0 amide bonds. The average Bonchev–Trinajstić information content (AvgIpc) is 3.31. The van der Waals surface area contributed by atoms with E-state index in [1.54, 1.807) is 0 Å². The van der Waals surface area contributed by atoms with E-state index >= 15 is 0 Å². The molecule has 0 aromatic heterocycles. The van der Waals surface area contributed by atoms with Gasteiger partial charge in [0.1, 0.15) is 13.2 Å². The van der Waals surface area contributed by atoms with Crippen molar-refractivity contribution in [2.24, 2.45) is 0 Å². The lowest BCUT2D eigenvalue weighted by Gasteiger charge is -2.18. The molecule has 0 fully saturated rings. The second kappa shape index (κ2) is 55.2. The Balaban J connectivity index is 4.32. The first-order valence-electron chi connectivity index (χ1n) is 29.0. The SMILES string of the molecule is CC/C=C\C/C=C\CCCCCCCC(=O)OCC(COC(=O)CCCCCCC/C=C\CCCCCCCCCCC)OC(=O)CCCCCCCCCCCCCCCCCCCC. The topological polar surface area (TPSA) is 78.9 Å². The van der Waals surface area contributed by atoms with E-state index in [-0.39, 0.29) is 31.1 Å². The minimum absolute atomic E-state index is 0.0777. The second-order valence-electron chi connectivity index (χ2n) is 19.5. The van der Waals surface area contributed by atoms with Crippen molar-refractivity contribution >= 4 is 17.9 Å². The van der Waals surface area contributed by atoms with Gasteiger partial charge in [-0.15, -0.1) is 0 Å². The van der Waals surface area contributed by atoms with Crippen LogP contribution in [0.1, 0.15) is 310 Å². The molecule has 0 rings (SSSR count). The monoisotopic (exact) mass is 927 g/mol. The third-order valence-corrected chi connectivity index (χ3v) is 12.9. The highest BCUT2D eigenvalue weighted by Crippen LogP contribution is 2.17. The molecule has 0 bridgehead atoms. The van der Waals surface area contributed by atoms with Crippen LogP contribution in [0.5, 0.6) is 0 Å². The third kappa shape index (κ3) is 52.6. The van der Waals surface area contributed by atoms with Crippen LogP contribution in [0.25, 0.3) is 0 Å². The Morgan fingerprint density at radius 2 is 0.591 bits per heavy atom. The first-order valence-corrected chi connectivity index (χ1v) is 29.0. The van der Waals surface area contributed by atoms with Crippen LogP contribution in [0.4, 0.5) is 0 Å². The van der Waals surface area contributed by atoms with E-state index in [0.29, 0.717) is 19.3 Å². The van der Waals surface area contributed by atoms with Crippen LogP contribution in [0.15, 0.2) is 36.5 Å². The van der Waals surface area contributed by atoms with Crippen LogP contribution < -0.4 is 0 Å². The predicted octanol–water partition coefficient (Wildman–Crippen LogP) is 19.3. The molecule has 386 valence electrons. The Morgan fingerprint density at radius 3 is 0.924 bits per heavy atom. The van der Waals surface area contributed by atoms with Crippen molar-refractivity contribution in [3.8, 4) is 0 Å². The van der Waals surface area contributed by atoms with Crippen molar-refractivity contribution in [3.63, 3.8) is 0 Å². The van der Waals surface area contributed by atoms with Gasteiger partial charge in [-0.25, -0.2) is 0 Å². The maximum absolute atomic E-state index is 12.9. The fraction of sp³-hybridized carbons (Fsp3) is 0.850. The van der Waals surface area contributed by atoms with Crippen LogP contribution in [-0.2, 0) is 28.6 Å². The number of esters is 3. The molecule has 0 radical (unpaired) electrons. The summed E-state index contributed by atoms with van der Waals surface area (Å²) in [5.41, 5.74) is 0. The number of unbranched alkanes of at least 4 members (excludes halogenated alkanes) is 36. The van der Waals surface area contributed by atoms with E-state index in [0.717, 1.165) is 89.9 Å². The van der Waals surface area contributed by atoms with Crippen molar-refractivity contribution in [1.29, 1.82) is 0 Å². The maximum Gasteiger partial charge on any atom is 0.306 e. The zero-order valence-corrected chi connectivity index (χ0v) is 44.2. The normalized spacial score (nSPS) is 12.2. The maximum atomic E-state index is 12.9. The number of carbonyl (C=O) groups excluding carboxylic acids is 3. The first kappa shape index (κ1) is 63.6. The Kier molecular flexibility index (Phi) is 53.2. The van der Waals surface area contributed by atoms with Gasteiger partial charge in [0.05, 0.1) is 0 Å². The number of hydrogen-bond donors (Lipinski definition) is 0. The summed E-state index contributed by atoms with van der Waals surface area (Å²) >= 11 is 0. The van der Waals surface area contributed by atoms with Crippen molar-refractivity contribution in [2.75, 3.05) is 13.2 Å². The van der Waals surface area contributed by atoms with Crippen LogP contribution in [-0.4, -0.2) is 37.2 Å². The van der Waals surface area contributed by atoms with E-state index in [2.05, 4.69) is 57.2 Å². The molecule has 0 N–H and O–H groups in total. The Morgan fingerprint density at radius 1 is 0.318 bits per heavy atom. The molecule has 1 atom stereocenters. The molecule has 0 aromatic carbocycles. The minimum Gasteiger partial charge on any atom is -0.462 e. The molecule has 0 aliphatic heterocycles. The average molecular weight is 928 g/mol. The fourth-order valence-electron chi connectivity index (χ4n) is 8.54. The number of allylic oxidation sites excluding steroid dienone is 6. The summed E-state index contributed by atoms with van der Waals surface area (Å²) in [7, 11) is 0. The molecule has 0 aliphatic carbocycles. The predicted molar refractivity (Wildman–Crippen MR) is 284 cm³/mol. The molecular weight excluding hydrogens is 817 g/mol. The van der Waals surface area contributed by atoms with E-state index < -0.39 is 6.10 Å². The molecule has 66 heavy (non-hydrogen) atoms. The Bertz CT molecular complexity index is 1110. The van der Waals surface area contributed by atoms with Gasteiger partial charge in [0.25, 0.3) is 0 Å². The van der Waals surface area contributed by atoms with Gasteiger partial charge in [0.2, 0.25) is 0 Å². The summed E-state index contributed by atoms with van der Waals surface area (Å²) in [4.78, 5) is 38.1. The molecule has 0 saturated carbocycles. The summed E-state index contributed by atoms with van der Waals surface area (Å²) in [6.07, 6.45) is 65.7. The molecule has 0 spiro atoms. The van der Waals surface area contributed by atoms with Crippen LogP contribution in [0.3, 0.4) is 0 Å². The Labute approximate surface area is 410 Å². The lowest BCUT2D eigenvalue weighted by atomic mass is 10.0. The van der Waals surface area contributed by atoms with Gasteiger partial charge in [-0.05, 0) is 70.6 Å². The van der Waals surface area contributed by atoms with Gasteiger partial charge in [-0.2, -0.15) is 0 Å². The van der Waals surface area contributed by atoms with Crippen molar-refractivity contribution in [3.05, 3.63) is 36.5 Å². The summed E-state index contributed by atoms with van der Waals surface area (Å²) in [5.74, 6) is -0.883. The quantitative estimate of drug-likeness (QED) is 0.0262. The van der Waals surface area contributed by atoms with Crippen LogP contribution in [0.2, 0.25) is 0 Å². The summed E-state index contributed by atoms with van der Waals surface area (Å²) in [5, 5.41) is 0. The lowest BCUT2D eigenvalue weighted by Crippen LogP contribution is -2.30. The van der Waals surface area contributed by atoms with Crippen LogP contribution in [0, 0.1) is 0 Å². The summed E-state index contributed by atoms with van der Waals surface area (Å²) in [6, 6.07) is 0. The number of rotatable bonds is 53. The van der Waals surface area contributed by atoms with Crippen molar-refractivity contribution in [2.45, 2.75) is 316 Å². The number of hydrogen-bond acceptors (Lipinski definition) is 6. The number of carbonyl (C=O) groups is 3. The van der Waals surface area contributed by atoms with Gasteiger partial charge >= 0.3 is 17.9 Å².